The van der Waals surface area contributed by atoms with Gasteiger partial charge < -0.3 is 9.47 Å². The number of ether oxygens (including phenoxy) is 2. The first-order chi connectivity index (χ1) is 22.4. The van der Waals surface area contributed by atoms with Crippen LogP contribution in [0.15, 0.2) is 109 Å². The van der Waals surface area contributed by atoms with Crippen molar-refractivity contribution in [3.8, 4) is 45.0 Å². The van der Waals surface area contributed by atoms with Gasteiger partial charge in [0.1, 0.15) is 0 Å². The fourth-order valence-electron chi connectivity index (χ4n) is 5.23. The molecule has 0 aliphatic rings. The number of carbonyl (C=O) groups excluding carboxylic acids is 2. The van der Waals surface area contributed by atoms with Crippen LogP contribution in [0.3, 0.4) is 0 Å². The second-order valence-electron chi connectivity index (χ2n) is 10.1. The molecule has 0 aliphatic heterocycles. The van der Waals surface area contributed by atoms with Gasteiger partial charge in [0.25, 0.3) is 0 Å². The third-order valence-corrected chi connectivity index (χ3v) is 7.90. The summed E-state index contributed by atoms with van der Waals surface area (Å²) in [5.41, 5.74) is 5.82. The Morgan fingerprint density at radius 3 is 1.28 bits per heavy atom. The lowest BCUT2D eigenvalue weighted by Crippen LogP contribution is -2.09. The van der Waals surface area contributed by atoms with E-state index in [0.29, 0.717) is 43.9 Å². The Kier molecular flexibility index (Phi) is 9.01. The molecule has 230 valence electrons. The largest absolute Gasteiger partial charge is 0.461 e. The van der Waals surface area contributed by atoms with Crippen LogP contribution < -0.4 is 0 Å². The number of benzene rings is 4. The van der Waals surface area contributed by atoms with E-state index in [1.807, 2.05) is 84.9 Å². The Bertz CT molecular complexity index is 1920. The zero-order valence-corrected chi connectivity index (χ0v) is 26.5. The van der Waals surface area contributed by atoms with Crippen LogP contribution in [0.5, 0.6) is 0 Å². The lowest BCUT2D eigenvalue weighted by Gasteiger charge is -2.17. The van der Waals surface area contributed by atoms with Crippen LogP contribution in [0.4, 0.5) is 0 Å². The standard InChI is InChI=1S/C36H28Cl2N4O4/c1-3-45-35(43)29-21-33(25-15-5-9-17-27(25)37)41(39-29)31-19-11-7-13-23(31)24-14-8-12-20-32(24)42-34(26-16-6-10-18-28(26)38)22-30(40-42)36(44)46-4-2/h5-22H,3-4H2,1-2H3. The quantitative estimate of drug-likeness (QED) is 0.145. The molecule has 2 heterocycles. The molecular formula is C36H28Cl2N4O4. The number of hydrogen-bond acceptors (Lipinski definition) is 6. The van der Waals surface area contributed by atoms with Gasteiger partial charge >= 0.3 is 11.9 Å². The fraction of sp³-hybridized carbons (Fsp3) is 0.111. The van der Waals surface area contributed by atoms with Crippen molar-refractivity contribution in [2.45, 2.75) is 13.8 Å². The summed E-state index contributed by atoms with van der Waals surface area (Å²) in [5, 5.41) is 10.4. The first-order valence-electron chi connectivity index (χ1n) is 14.6. The second kappa shape index (κ2) is 13.4. The molecule has 10 heteroatoms. The van der Waals surface area contributed by atoms with Crippen LogP contribution in [0.1, 0.15) is 34.8 Å². The van der Waals surface area contributed by atoms with E-state index in [1.54, 1.807) is 47.5 Å². The third-order valence-electron chi connectivity index (χ3n) is 7.24. The highest BCUT2D eigenvalue weighted by atomic mass is 35.5. The number of para-hydroxylation sites is 2. The van der Waals surface area contributed by atoms with E-state index in [9.17, 15) is 9.59 Å². The van der Waals surface area contributed by atoms with Crippen molar-refractivity contribution < 1.29 is 19.1 Å². The summed E-state index contributed by atoms with van der Waals surface area (Å²) in [7, 11) is 0. The molecule has 0 unspecified atom stereocenters. The Balaban J connectivity index is 1.58. The summed E-state index contributed by atoms with van der Waals surface area (Å²) in [5.74, 6) is -1.08. The predicted molar refractivity (Wildman–Crippen MR) is 179 cm³/mol. The van der Waals surface area contributed by atoms with Crippen molar-refractivity contribution in [2.75, 3.05) is 13.2 Å². The normalized spacial score (nSPS) is 11.0. The van der Waals surface area contributed by atoms with E-state index in [0.717, 1.165) is 11.1 Å². The monoisotopic (exact) mass is 650 g/mol. The van der Waals surface area contributed by atoms with Crippen LogP contribution >= 0.6 is 23.2 Å². The summed E-state index contributed by atoms with van der Waals surface area (Å²) in [6.07, 6.45) is 0. The molecule has 0 amide bonds. The van der Waals surface area contributed by atoms with Gasteiger partial charge in [0.2, 0.25) is 0 Å². The average Bonchev–Trinajstić information content (AvgIpc) is 3.71. The molecule has 4 aromatic carbocycles. The molecule has 6 rings (SSSR count). The van der Waals surface area contributed by atoms with E-state index in [2.05, 4.69) is 0 Å². The molecule has 46 heavy (non-hydrogen) atoms. The highest BCUT2D eigenvalue weighted by Crippen LogP contribution is 2.38. The molecule has 0 saturated carbocycles. The van der Waals surface area contributed by atoms with Gasteiger partial charge in [0.05, 0.1) is 36.0 Å². The van der Waals surface area contributed by atoms with Crippen LogP contribution in [-0.4, -0.2) is 44.7 Å². The van der Waals surface area contributed by atoms with Gasteiger partial charge in [-0.3, -0.25) is 0 Å². The van der Waals surface area contributed by atoms with E-state index in [4.69, 9.17) is 42.9 Å². The number of aromatic nitrogens is 4. The Morgan fingerprint density at radius 1 is 0.565 bits per heavy atom. The minimum atomic E-state index is -0.542. The van der Waals surface area contributed by atoms with Crippen molar-refractivity contribution in [3.63, 3.8) is 0 Å². The Labute approximate surface area is 275 Å². The van der Waals surface area contributed by atoms with Gasteiger partial charge in [-0.15, -0.1) is 0 Å². The molecule has 0 saturated heterocycles. The van der Waals surface area contributed by atoms with Gasteiger partial charge in [-0.1, -0.05) is 96.0 Å². The van der Waals surface area contributed by atoms with Crippen molar-refractivity contribution >= 4 is 35.1 Å². The third kappa shape index (κ3) is 5.92. The molecule has 0 N–H and O–H groups in total. The molecule has 6 aromatic rings. The number of nitrogens with zero attached hydrogens (tertiary/aromatic N) is 4. The molecule has 0 aliphatic carbocycles. The first kappa shape index (κ1) is 30.8. The lowest BCUT2D eigenvalue weighted by atomic mass is 10.0. The SMILES string of the molecule is CCOC(=O)c1cc(-c2ccccc2Cl)n(-c2ccccc2-c2ccccc2-n2nc(C(=O)OCC)cc2-c2ccccc2Cl)n1. The number of hydrogen-bond donors (Lipinski definition) is 0. The summed E-state index contributed by atoms with van der Waals surface area (Å²) >= 11 is 13.3. The van der Waals surface area contributed by atoms with Crippen LogP contribution in [0, 0.1) is 0 Å². The van der Waals surface area contributed by atoms with E-state index in [-0.39, 0.29) is 24.6 Å². The first-order valence-corrected chi connectivity index (χ1v) is 15.4. The summed E-state index contributed by atoms with van der Waals surface area (Å²) in [6.45, 7) is 3.91. The zero-order valence-electron chi connectivity index (χ0n) is 25.0. The number of rotatable bonds is 9. The summed E-state index contributed by atoms with van der Waals surface area (Å²) in [6, 6.07) is 33.5. The second-order valence-corrected chi connectivity index (χ2v) is 10.9. The molecule has 2 aromatic heterocycles. The zero-order chi connectivity index (χ0) is 32.2. The molecular weight excluding hydrogens is 623 g/mol. The van der Waals surface area contributed by atoms with Crippen LogP contribution in [0.25, 0.3) is 45.0 Å². The molecule has 0 atom stereocenters. The van der Waals surface area contributed by atoms with Crippen LogP contribution in [-0.2, 0) is 9.47 Å². The predicted octanol–water partition coefficient (Wildman–Crippen LogP) is 8.72. The number of esters is 2. The summed E-state index contributed by atoms with van der Waals surface area (Å²) < 4.78 is 14.0. The maximum absolute atomic E-state index is 12.9. The molecule has 0 fully saturated rings. The Hall–Kier alpha value is -5.18. The van der Waals surface area contributed by atoms with Gasteiger partial charge in [-0.2, -0.15) is 10.2 Å². The number of carbonyl (C=O) groups is 2. The summed E-state index contributed by atoms with van der Waals surface area (Å²) in [4.78, 5) is 25.7. The maximum Gasteiger partial charge on any atom is 0.358 e. The smallest absolute Gasteiger partial charge is 0.358 e. The Morgan fingerprint density at radius 2 is 0.913 bits per heavy atom. The maximum atomic E-state index is 12.9. The van der Waals surface area contributed by atoms with Crippen LogP contribution in [0.2, 0.25) is 10.0 Å². The van der Waals surface area contributed by atoms with Crippen molar-refractivity contribution in [3.05, 3.63) is 131 Å². The van der Waals surface area contributed by atoms with Gasteiger partial charge in [0.15, 0.2) is 11.4 Å². The topological polar surface area (TPSA) is 88.2 Å². The highest BCUT2D eigenvalue weighted by Gasteiger charge is 2.24. The van der Waals surface area contributed by atoms with E-state index in [1.165, 1.54) is 0 Å². The lowest BCUT2D eigenvalue weighted by molar-refractivity contribution is 0.0509. The minimum absolute atomic E-state index is 0.145. The van der Waals surface area contributed by atoms with Gasteiger partial charge in [0, 0.05) is 32.3 Å². The molecule has 8 nitrogen and oxygen atoms in total. The van der Waals surface area contributed by atoms with Crippen molar-refractivity contribution in [1.82, 2.24) is 19.6 Å². The fourth-order valence-corrected chi connectivity index (χ4v) is 5.70. The highest BCUT2D eigenvalue weighted by molar-refractivity contribution is 6.33. The van der Waals surface area contributed by atoms with Gasteiger partial charge in [-0.05, 0) is 50.2 Å². The van der Waals surface area contributed by atoms with Crippen molar-refractivity contribution in [2.24, 2.45) is 0 Å². The van der Waals surface area contributed by atoms with E-state index < -0.39 is 11.9 Å². The molecule has 0 radical (unpaired) electrons. The average molecular weight is 652 g/mol. The number of halogens is 2. The minimum Gasteiger partial charge on any atom is -0.461 e. The van der Waals surface area contributed by atoms with E-state index >= 15 is 0 Å². The molecule has 0 spiro atoms. The van der Waals surface area contributed by atoms with Gasteiger partial charge in [-0.25, -0.2) is 19.0 Å². The van der Waals surface area contributed by atoms with Crippen molar-refractivity contribution in [1.29, 1.82) is 0 Å². The molecule has 0 bridgehead atoms.